The maximum absolute atomic E-state index is 12.1. The number of hydrogen-bond donors (Lipinski definition) is 2. The minimum atomic E-state index is -3.20. The van der Waals surface area contributed by atoms with Crippen molar-refractivity contribution in [3.8, 4) is 0 Å². The number of nitrogens with zero attached hydrogens (tertiary/aromatic N) is 3. The number of nitrogens with one attached hydrogen (secondary N) is 2. The van der Waals surface area contributed by atoms with Gasteiger partial charge in [-0.2, -0.15) is 5.10 Å². The van der Waals surface area contributed by atoms with E-state index < -0.39 is 21.8 Å². The Balaban J connectivity index is 1.49. The van der Waals surface area contributed by atoms with E-state index in [1.54, 1.807) is 11.7 Å². The number of carbonyl (C=O) groups excluding carboxylic acids is 2. The van der Waals surface area contributed by atoms with Crippen LogP contribution in [0, 0.1) is 0 Å². The van der Waals surface area contributed by atoms with E-state index in [1.807, 2.05) is 6.07 Å². The second kappa shape index (κ2) is 7.75. The Morgan fingerprint density at radius 2 is 1.96 bits per heavy atom. The second-order valence-corrected chi connectivity index (χ2v) is 8.93. The van der Waals surface area contributed by atoms with Crippen LogP contribution in [0.2, 0.25) is 0 Å². The van der Waals surface area contributed by atoms with Gasteiger partial charge in [0.2, 0.25) is 10.0 Å². The summed E-state index contributed by atoms with van der Waals surface area (Å²) in [7, 11) is -1.47. The van der Waals surface area contributed by atoms with Gasteiger partial charge in [0, 0.05) is 38.7 Å². The van der Waals surface area contributed by atoms with Crippen molar-refractivity contribution in [2.75, 3.05) is 30.7 Å². The van der Waals surface area contributed by atoms with Gasteiger partial charge in [-0.25, -0.2) is 12.7 Å². The molecule has 0 radical (unpaired) electrons. The lowest BCUT2D eigenvalue weighted by atomic mass is 10.0. The number of sulfonamides is 1. The van der Waals surface area contributed by atoms with Gasteiger partial charge in [0.1, 0.15) is 5.82 Å². The van der Waals surface area contributed by atoms with E-state index in [2.05, 4.69) is 15.7 Å². The molecule has 1 aromatic rings. The first kappa shape index (κ1) is 18.8. The molecule has 0 spiro atoms. The molecule has 1 aliphatic heterocycles. The summed E-state index contributed by atoms with van der Waals surface area (Å²) in [6.07, 6.45) is 5.19. The third-order valence-corrected chi connectivity index (χ3v) is 6.93. The maximum atomic E-state index is 12.1. The highest BCUT2D eigenvalue weighted by molar-refractivity contribution is 7.89. The molecule has 2 aliphatic rings. The number of aryl methyl sites for hydroxylation is 1. The van der Waals surface area contributed by atoms with Gasteiger partial charge in [0.15, 0.2) is 0 Å². The Labute approximate surface area is 153 Å². The Morgan fingerprint density at radius 3 is 2.62 bits per heavy atom. The quantitative estimate of drug-likeness (QED) is 0.704. The summed E-state index contributed by atoms with van der Waals surface area (Å²) >= 11 is 0. The zero-order valence-electron chi connectivity index (χ0n) is 14.9. The molecule has 1 aromatic heterocycles. The number of amides is 2. The number of rotatable bonds is 5. The smallest absolute Gasteiger partial charge is 0.314 e. The molecular formula is C16H25N5O4S. The molecule has 0 bridgehead atoms. The lowest BCUT2D eigenvalue weighted by Gasteiger charge is -2.14. The van der Waals surface area contributed by atoms with Crippen LogP contribution in [0.1, 0.15) is 43.7 Å². The van der Waals surface area contributed by atoms with E-state index in [4.69, 9.17) is 0 Å². The van der Waals surface area contributed by atoms with Gasteiger partial charge in [0.25, 0.3) is 0 Å². The van der Waals surface area contributed by atoms with Crippen molar-refractivity contribution < 1.29 is 18.0 Å². The average Bonchev–Trinajstić information content (AvgIpc) is 3.29. The fourth-order valence-electron chi connectivity index (χ4n) is 3.52. The van der Waals surface area contributed by atoms with E-state index in [9.17, 15) is 18.0 Å². The van der Waals surface area contributed by atoms with Crippen molar-refractivity contribution in [1.29, 1.82) is 0 Å². The van der Waals surface area contributed by atoms with Gasteiger partial charge >= 0.3 is 11.8 Å². The van der Waals surface area contributed by atoms with Gasteiger partial charge in [-0.15, -0.1) is 0 Å². The van der Waals surface area contributed by atoms with E-state index in [1.165, 1.54) is 17.1 Å². The van der Waals surface area contributed by atoms with E-state index in [-0.39, 0.29) is 18.8 Å². The summed E-state index contributed by atoms with van der Waals surface area (Å²) in [6.45, 7) is 0.743. The Hall–Kier alpha value is -1.94. The van der Waals surface area contributed by atoms with Gasteiger partial charge in [-0.05, 0) is 19.3 Å². The van der Waals surface area contributed by atoms with E-state index in [0.717, 1.165) is 18.5 Å². The molecule has 0 aromatic carbocycles. The van der Waals surface area contributed by atoms with E-state index in [0.29, 0.717) is 24.7 Å². The van der Waals surface area contributed by atoms with Crippen LogP contribution >= 0.6 is 0 Å². The van der Waals surface area contributed by atoms with Crippen LogP contribution in [0.3, 0.4) is 0 Å². The summed E-state index contributed by atoms with van der Waals surface area (Å²) in [5, 5.41) is 9.46. The molecule has 0 atom stereocenters. The second-order valence-electron chi connectivity index (χ2n) is 6.84. The molecule has 3 rings (SSSR count). The first-order valence-electron chi connectivity index (χ1n) is 8.98. The largest absolute Gasteiger partial charge is 0.347 e. The zero-order chi connectivity index (χ0) is 18.7. The predicted octanol–water partition coefficient (Wildman–Crippen LogP) is 0.168. The van der Waals surface area contributed by atoms with Crippen LogP contribution in [0.15, 0.2) is 6.07 Å². The molecule has 26 heavy (non-hydrogen) atoms. The van der Waals surface area contributed by atoms with Crippen molar-refractivity contribution in [2.45, 2.75) is 38.0 Å². The highest BCUT2D eigenvalue weighted by Gasteiger charge is 2.28. The minimum absolute atomic E-state index is 0.101. The molecule has 9 nitrogen and oxygen atoms in total. The molecule has 2 N–H and O–H groups in total. The number of aromatic nitrogens is 2. The topological polar surface area (TPSA) is 113 Å². The predicted molar refractivity (Wildman–Crippen MR) is 96.0 cm³/mol. The van der Waals surface area contributed by atoms with Crippen molar-refractivity contribution >= 4 is 27.7 Å². The minimum Gasteiger partial charge on any atom is -0.347 e. The fraction of sp³-hybridized carbons (Fsp3) is 0.688. The van der Waals surface area contributed by atoms with Gasteiger partial charge in [-0.3, -0.25) is 14.3 Å². The standard InChI is InChI=1S/C16H25N5O4S/c1-20-14(11-13(19-20)12-5-2-3-6-12)18-16(23)15(22)17-7-9-21-8-4-10-26(21,24)25/h11-12H,2-10H2,1H3,(H,17,22)(H,18,23). The molecule has 2 fully saturated rings. The van der Waals surface area contributed by atoms with Crippen LogP contribution < -0.4 is 10.6 Å². The van der Waals surface area contributed by atoms with Crippen molar-refractivity contribution in [1.82, 2.24) is 19.4 Å². The fourth-order valence-corrected chi connectivity index (χ4v) is 5.05. The van der Waals surface area contributed by atoms with Crippen LogP contribution in [0.25, 0.3) is 0 Å². The summed E-state index contributed by atoms with van der Waals surface area (Å²) in [4.78, 5) is 24.0. The SMILES string of the molecule is Cn1nc(C2CCCC2)cc1NC(=O)C(=O)NCCN1CCCS1(=O)=O. The number of carbonyl (C=O) groups is 2. The normalized spacial score (nSPS) is 20.3. The number of hydrogen-bond acceptors (Lipinski definition) is 5. The van der Waals surface area contributed by atoms with Crippen LogP contribution in [-0.4, -0.2) is 59.7 Å². The van der Waals surface area contributed by atoms with Crippen molar-refractivity contribution in [2.24, 2.45) is 7.05 Å². The van der Waals surface area contributed by atoms with Crippen LogP contribution in [0.5, 0.6) is 0 Å². The van der Waals surface area contributed by atoms with Gasteiger partial charge < -0.3 is 10.6 Å². The third kappa shape index (κ3) is 4.24. The molecule has 1 aliphatic carbocycles. The third-order valence-electron chi connectivity index (χ3n) is 4.97. The summed E-state index contributed by atoms with van der Waals surface area (Å²) < 4.78 is 26.3. The van der Waals surface area contributed by atoms with Gasteiger partial charge in [-0.1, -0.05) is 12.8 Å². The monoisotopic (exact) mass is 383 g/mol. The Kier molecular flexibility index (Phi) is 5.61. The summed E-state index contributed by atoms with van der Waals surface area (Å²) in [5.74, 6) is -0.525. The van der Waals surface area contributed by atoms with E-state index >= 15 is 0 Å². The summed E-state index contributed by atoms with van der Waals surface area (Å²) in [5.41, 5.74) is 0.944. The molecule has 0 unspecified atom stereocenters. The molecule has 1 saturated heterocycles. The molecule has 144 valence electrons. The highest BCUT2D eigenvalue weighted by Crippen LogP contribution is 2.34. The summed E-state index contributed by atoms with van der Waals surface area (Å²) in [6, 6.07) is 1.82. The first-order valence-corrected chi connectivity index (χ1v) is 10.6. The van der Waals surface area contributed by atoms with Crippen molar-refractivity contribution in [3.05, 3.63) is 11.8 Å². The lowest BCUT2D eigenvalue weighted by molar-refractivity contribution is -0.136. The van der Waals surface area contributed by atoms with Crippen LogP contribution in [-0.2, 0) is 26.7 Å². The number of anilines is 1. The first-order chi connectivity index (χ1) is 12.4. The molecule has 10 heteroatoms. The van der Waals surface area contributed by atoms with Gasteiger partial charge in [0.05, 0.1) is 11.4 Å². The zero-order valence-corrected chi connectivity index (χ0v) is 15.7. The lowest BCUT2D eigenvalue weighted by Crippen LogP contribution is -2.40. The molecule has 2 amide bonds. The Morgan fingerprint density at radius 1 is 1.23 bits per heavy atom. The molecule has 2 heterocycles. The molecule has 1 saturated carbocycles. The van der Waals surface area contributed by atoms with Crippen molar-refractivity contribution in [3.63, 3.8) is 0 Å². The average molecular weight is 383 g/mol. The maximum Gasteiger partial charge on any atom is 0.314 e. The highest BCUT2D eigenvalue weighted by atomic mass is 32.2. The molecular weight excluding hydrogens is 358 g/mol. The Bertz CT molecular complexity index is 783. The van der Waals surface area contributed by atoms with Crippen LogP contribution in [0.4, 0.5) is 5.82 Å².